The summed E-state index contributed by atoms with van der Waals surface area (Å²) in [4.78, 5) is 23.1. The van der Waals surface area contributed by atoms with Crippen molar-refractivity contribution in [2.24, 2.45) is 11.3 Å². The molecule has 0 heterocycles. The van der Waals surface area contributed by atoms with E-state index in [0.717, 1.165) is 12.8 Å². The van der Waals surface area contributed by atoms with E-state index < -0.39 is 29.1 Å². The van der Waals surface area contributed by atoms with Gasteiger partial charge in [-0.1, -0.05) is 0 Å². The van der Waals surface area contributed by atoms with Crippen molar-refractivity contribution in [2.75, 3.05) is 0 Å². The number of ether oxygens (including phenoxy) is 1. The molecule has 6 nitrogen and oxygen atoms in total. The number of hydrogen-bond acceptors (Lipinski definition) is 4. The van der Waals surface area contributed by atoms with Crippen molar-refractivity contribution >= 4 is 12.1 Å². The number of nitriles is 1. The summed E-state index contributed by atoms with van der Waals surface area (Å²) in [6.45, 7) is 6.93. The molecule has 1 aliphatic carbocycles. The van der Waals surface area contributed by atoms with Gasteiger partial charge in [0.25, 0.3) is 0 Å². The van der Waals surface area contributed by atoms with E-state index in [1.54, 1.807) is 27.7 Å². The first-order valence-electron chi connectivity index (χ1n) is 6.75. The maximum Gasteiger partial charge on any atom is 0.407 e. The van der Waals surface area contributed by atoms with Gasteiger partial charge in [0.2, 0.25) is 0 Å². The maximum atomic E-state index is 11.6. The molecule has 0 radical (unpaired) electrons. The molecule has 0 bridgehead atoms. The molecule has 1 saturated carbocycles. The Morgan fingerprint density at radius 3 is 2.35 bits per heavy atom. The predicted octanol–water partition coefficient (Wildman–Crippen LogP) is 2.29. The van der Waals surface area contributed by atoms with Crippen molar-refractivity contribution in [3.63, 3.8) is 0 Å². The highest BCUT2D eigenvalue weighted by atomic mass is 16.6. The molecule has 1 amide bonds. The molecule has 0 aromatic heterocycles. The van der Waals surface area contributed by atoms with Crippen LogP contribution in [0.5, 0.6) is 0 Å². The van der Waals surface area contributed by atoms with Gasteiger partial charge in [-0.05, 0) is 52.9 Å². The summed E-state index contributed by atoms with van der Waals surface area (Å²) < 4.78 is 5.11. The van der Waals surface area contributed by atoms with Gasteiger partial charge in [0, 0.05) is 6.04 Å². The minimum absolute atomic E-state index is 0.0861. The van der Waals surface area contributed by atoms with Gasteiger partial charge in [-0.3, -0.25) is 4.79 Å². The third-order valence-corrected chi connectivity index (χ3v) is 3.25. The Morgan fingerprint density at radius 1 is 1.45 bits per heavy atom. The summed E-state index contributed by atoms with van der Waals surface area (Å²) in [5.41, 5.74) is -2.02. The van der Waals surface area contributed by atoms with E-state index in [9.17, 15) is 20.0 Å². The van der Waals surface area contributed by atoms with Crippen molar-refractivity contribution in [1.82, 2.24) is 5.32 Å². The van der Waals surface area contributed by atoms with Gasteiger partial charge < -0.3 is 15.2 Å². The highest BCUT2D eigenvalue weighted by Gasteiger charge is 2.52. The number of hydrogen-bond donors (Lipinski definition) is 2. The normalized spacial score (nSPS) is 19.4. The van der Waals surface area contributed by atoms with Gasteiger partial charge in [0.05, 0.1) is 6.07 Å². The zero-order valence-electron chi connectivity index (χ0n) is 12.4. The Labute approximate surface area is 119 Å². The van der Waals surface area contributed by atoms with Crippen LogP contribution in [0.25, 0.3) is 0 Å². The lowest BCUT2D eigenvalue weighted by Gasteiger charge is -2.27. The number of rotatable bonds is 5. The van der Waals surface area contributed by atoms with E-state index in [2.05, 4.69) is 5.32 Å². The summed E-state index contributed by atoms with van der Waals surface area (Å²) >= 11 is 0. The number of aliphatic carboxylic acids is 1. The summed E-state index contributed by atoms with van der Waals surface area (Å²) in [5, 5.41) is 21.2. The van der Waals surface area contributed by atoms with Crippen LogP contribution >= 0.6 is 0 Å². The first kappa shape index (κ1) is 16.3. The van der Waals surface area contributed by atoms with E-state index in [4.69, 9.17) is 4.74 Å². The Bertz CT molecular complexity index is 431. The number of carboxylic acid groups (broad SMARTS) is 1. The molecule has 2 atom stereocenters. The highest BCUT2D eigenvalue weighted by molar-refractivity contribution is 5.79. The standard InChI is InChI=1S/C14H22N2O4/c1-9(16-12(19)20-13(2,3)4)7-14(8-15,11(17)18)10-5-6-10/h9-10H,5-7H2,1-4H3,(H,16,19)(H,17,18)/t9-,14?/m0/s1. The smallest absolute Gasteiger partial charge is 0.407 e. The summed E-state index contributed by atoms with van der Waals surface area (Å²) in [6, 6.07) is 1.49. The number of alkyl carbamates (subject to hydrolysis) is 1. The fourth-order valence-corrected chi connectivity index (χ4v) is 2.23. The lowest BCUT2D eigenvalue weighted by atomic mass is 9.78. The van der Waals surface area contributed by atoms with Gasteiger partial charge in [-0.15, -0.1) is 0 Å². The van der Waals surface area contributed by atoms with E-state index in [-0.39, 0.29) is 12.3 Å². The second-order valence-electron chi connectivity index (χ2n) is 6.41. The second-order valence-corrected chi connectivity index (χ2v) is 6.41. The monoisotopic (exact) mass is 282 g/mol. The SMILES string of the molecule is C[C@@H](CC(C#N)(C(=O)O)C1CC1)NC(=O)OC(C)(C)C. The predicted molar refractivity (Wildman–Crippen MR) is 71.9 cm³/mol. The molecular weight excluding hydrogens is 260 g/mol. The van der Waals surface area contributed by atoms with Gasteiger partial charge in [-0.25, -0.2) is 4.79 Å². The largest absolute Gasteiger partial charge is 0.480 e. The van der Waals surface area contributed by atoms with Gasteiger partial charge >= 0.3 is 12.1 Å². The molecule has 112 valence electrons. The first-order chi connectivity index (χ1) is 9.10. The first-order valence-corrected chi connectivity index (χ1v) is 6.75. The molecule has 2 N–H and O–H groups in total. The van der Waals surface area contributed by atoms with Gasteiger partial charge in [-0.2, -0.15) is 5.26 Å². The fraction of sp³-hybridized carbons (Fsp3) is 0.786. The molecule has 0 saturated heterocycles. The zero-order valence-corrected chi connectivity index (χ0v) is 12.4. The van der Waals surface area contributed by atoms with Crippen LogP contribution in [-0.4, -0.2) is 28.8 Å². The molecule has 1 unspecified atom stereocenters. The molecular formula is C14H22N2O4. The number of nitrogens with zero attached hydrogens (tertiary/aromatic N) is 1. The Balaban J connectivity index is 2.64. The molecule has 20 heavy (non-hydrogen) atoms. The minimum atomic E-state index is -1.41. The van der Waals surface area contributed by atoms with Crippen molar-refractivity contribution < 1.29 is 19.4 Å². The van der Waals surface area contributed by atoms with Crippen LogP contribution in [-0.2, 0) is 9.53 Å². The number of carbonyl (C=O) groups excluding carboxylic acids is 1. The molecule has 1 rings (SSSR count). The lowest BCUT2D eigenvalue weighted by molar-refractivity contribution is -0.147. The highest BCUT2D eigenvalue weighted by Crippen LogP contribution is 2.48. The van der Waals surface area contributed by atoms with Crippen molar-refractivity contribution in [1.29, 1.82) is 5.26 Å². The number of nitrogens with one attached hydrogen (secondary N) is 1. The van der Waals surface area contributed by atoms with E-state index >= 15 is 0 Å². The molecule has 0 aromatic rings. The van der Waals surface area contributed by atoms with Crippen molar-refractivity contribution in [3.8, 4) is 6.07 Å². The third-order valence-electron chi connectivity index (χ3n) is 3.25. The number of carboxylic acids is 1. The van der Waals surface area contributed by atoms with Crippen LogP contribution < -0.4 is 5.32 Å². The van der Waals surface area contributed by atoms with Gasteiger partial charge in [0.15, 0.2) is 5.41 Å². The average molecular weight is 282 g/mol. The van der Waals surface area contributed by atoms with E-state index in [1.807, 2.05) is 6.07 Å². The molecule has 0 spiro atoms. The molecule has 0 aromatic carbocycles. The van der Waals surface area contributed by atoms with E-state index in [1.165, 1.54) is 0 Å². The van der Waals surface area contributed by atoms with E-state index in [0.29, 0.717) is 0 Å². The third kappa shape index (κ3) is 4.12. The van der Waals surface area contributed by atoms with Crippen LogP contribution in [0.4, 0.5) is 4.79 Å². The van der Waals surface area contributed by atoms with Crippen molar-refractivity contribution in [2.45, 2.75) is 58.6 Å². The molecule has 1 aliphatic rings. The number of carbonyl (C=O) groups is 2. The average Bonchev–Trinajstić information content (AvgIpc) is 3.06. The Kier molecular flexibility index (Phi) is 4.64. The Morgan fingerprint density at radius 2 is 2.00 bits per heavy atom. The topological polar surface area (TPSA) is 99.4 Å². The quantitative estimate of drug-likeness (QED) is 0.806. The molecule has 0 aliphatic heterocycles. The van der Waals surface area contributed by atoms with Crippen LogP contribution in [0, 0.1) is 22.7 Å². The van der Waals surface area contributed by atoms with Gasteiger partial charge in [0.1, 0.15) is 5.60 Å². The summed E-state index contributed by atoms with van der Waals surface area (Å²) in [5.74, 6) is -1.23. The number of amides is 1. The fourth-order valence-electron chi connectivity index (χ4n) is 2.23. The zero-order chi connectivity index (χ0) is 15.6. The molecule has 6 heteroatoms. The summed E-state index contributed by atoms with van der Waals surface area (Å²) in [6.07, 6.45) is 0.985. The summed E-state index contributed by atoms with van der Waals surface area (Å²) in [7, 11) is 0. The maximum absolute atomic E-state index is 11.6. The lowest BCUT2D eigenvalue weighted by Crippen LogP contribution is -2.43. The van der Waals surface area contributed by atoms with Crippen molar-refractivity contribution in [3.05, 3.63) is 0 Å². The van der Waals surface area contributed by atoms with Crippen LogP contribution in [0.3, 0.4) is 0 Å². The van der Waals surface area contributed by atoms with Crippen LogP contribution in [0.1, 0.15) is 47.0 Å². The second kappa shape index (κ2) is 5.70. The Hall–Kier alpha value is -1.77. The van der Waals surface area contributed by atoms with Crippen LogP contribution in [0.2, 0.25) is 0 Å². The van der Waals surface area contributed by atoms with Crippen LogP contribution in [0.15, 0.2) is 0 Å². The molecule has 1 fully saturated rings. The minimum Gasteiger partial charge on any atom is -0.480 e.